The van der Waals surface area contributed by atoms with Gasteiger partial charge in [0.05, 0.1) is 19.3 Å². The molecule has 0 bridgehead atoms. The van der Waals surface area contributed by atoms with Gasteiger partial charge in [0.1, 0.15) is 5.82 Å². The summed E-state index contributed by atoms with van der Waals surface area (Å²) < 4.78 is 12.5. The zero-order chi connectivity index (χ0) is 10.4. The van der Waals surface area contributed by atoms with E-state index in [4.69, 9.17) is 10.2 Å². The average molecular weight is 197 g/mol. The molecule has 0 aromatic heterocycles. The summed E-state index contributed by atoms with van der Waals surface area (Å²) in [6.07, 6.45) is 1.50. The van der Waals surface area contributed by atoms with Crippen molar-refractivity contribution in [1.29, 1.82) is 0 Å². The molecule has 0 atom stereocenters. The quantitative estimate of drug-likeness (QED) is 0.694. The van der Waals surface area contributed by atoms with Crippen molar-refractivity contribution in [3.8, 4) is 0 Å². The first-order valence-corrected chi connectivity index (χ1v) is 4.26. The van der Waals surface area contributed by atoms with E-state index in [1.54, 1.807) is 12.1 Å². The number of hydrogen-bond acceptors (Lipinski definition) is 3. The molecule has 1 rings (SSSR count). The molecule has 0 heterocycles. The predicted molar refractivity (Wildman–Crippen MR) is 52.0 cm³/mol. The van der Waals surface area contributed by atoms with Gasteiger partial charge in [-0.1, -0.05) is 12.1 Å². The third-order valence-corrected chi connectivity index (χ3v) is 1.73. The van der Waals surface area contributed by atoms with Crippen LogP contribution in [0.4, 0.5) is 4.39 Å². The zero-order valence-electron chi connectivity index (χ0n) is 7.60. The minimum Gasteiger partial charge on any atom is -0.394 e. The molecular weight excluding hydrogens is 185 g/mol. The summed E-state index contributed by atoms with van der Waals surface area (Å²) in [6.45, 7) is -0.400. The highest BCUT2D eigenvalue weighted by atomic mass is 19.1. The van der Waals surface area contributed by atoms with Gasteiger partial charge in [0.25, 0.3) is 0 Å². The third kappa shape index (κ3) is 3.24. The van der Waals surface area contributed by atoms with Crippen LogP contribution < -0.4 is 0 Å². The summed E-state index contributed by atoms with van der Waals surface area (Å²) in [6, 6.07) is 5.30. The van der Waals surface area contributed by atoms with Gasteiger partial charge < -0.3 is 10.2 Å². The molecule has 1 aromatic rings. The Hall–Kier alpha value is -1.26. The van der Waals surface area contributed by atoms with E-state index in [1.165, 1.54) is 18.3 Å². The Morgan fingerprint density at radius 2 is 1.79 bits per heavy atom. The molecule has 0 fully saturated rings. The molecule has 4 heteroatoms. The molecule has 0 aliphatic rings. The fourth-order valence-corrected chi connectivity index (χ4v) is 0.892. The Labute approximate surface area is 81.5 Å². The molecular formula is C10H12FNO2. The summed E-state index contributed by atoms with van der Waals surface area (Å²) in [5.41, 5.74) is 0.735. The van der Waals surface area contributed by atoms with Gasteiger partial charge in [-0.25, -0.2) is 4.39 Å². The summed E-state index contributed by atoms with van der Waals surface area (Å²) in [7, 11) is 0. The number of hydrogen-bond donors (Lipinski definition) is 2. The highest BCUT2D eigenvalue weighted by Crippen LogP contribution is 2.00. The molecule has 0 unspecified atom stereocenters. The number of aliphatic hydroxyl groups excluding tert-OH is 2. The van der Waals surface area contributed by atoms with Gasteiger partial charge in [0, 0.05) is 6.21 Å². The van der Waals surface area contributed by atoms with E-state index in [2.05, 4.69) is 4.99 Å². The van der Waals surface area contributed by atoms with E-state index in [1.807, 2.05) is 0 Å². The molecule has 1 aromatic carbocycles. The molecule has 0 spiro atoms. The van der Waals surface area contributed by atoms with Crippen molar-refractivity contribution in [1.82, 2.24) is 0 Å². The third-order valence-electron chi connectivity index (χ3n) is 1.73. The molecule has 2 N–H and O–H groups in total. The van der Waals surface area contributed by atoms with E-state index in [9.17, 15) is 4.39 Å². The van der Waals surface area contributed by atoms with Crippen LogP contribution in [-0.2, 0) is 0 Å². The normalized spacial score (nSPS) is 11.4. The maximum atomic E-state index is 12.5. The number of nitrogens with zero attached hydrogens (tertiary/aromatic N) is 1. The van der Waals surface area contributed by atoms with Gasteiger partial charge in [-0.05, 0) is 17.7 Å². The minimum absolute atomic E-state index is 0.200. The van der Waals surface area contributed by atoms with Crippen LogP contribution in [0.2, 0.25) is 0 Å². The van der Waals surface area contributed by atoms with E-state index in [-0.39, 0.29) is 19.0 Å². The van der Waals surface area contributed by atoms with Crippen LogP contribution in [0.25, 0.3) is 0 Å². The van der Waals surface area contributed by atoms with E-state index in [0.717, 1.165) is 5.56 Å². The van der Waals surface area contributed by atoms with Crippen molar-refractivity contribution in [2.24, 2.45) is 4.99 Å². The number of benzene rings is 1. The number of aliphatic hydroxyl groups is 2. The summed E-state index contributed by atoms with van der Waals surface area (Å²) in [5, 5.41) is 17.4. The first kappa shape index (κ1) is 10.8. The predicted octanol–water partition coefficient (Wildman–Crippen LogP) is 0.598. The van der Waals surface area contributed by atoms with Crippen LogP contribution in [0, 0.1) is 5.82 Å². The van der Waals surface area contributed by atoms with E-state index in [0.29, 0.717) is 0 Å². The van der Waals surface area contributed by atoms with Crippen LogP contribution >= 0.6 is 0 Å². The van der Waals surface area contributed by atoms with Crippen LogP contribution in [0.5, 0.6) is 0 Å². The van der Waals surface area contributed by atoms with Crippen LogP contribution in [0.3, 0.4) is 0 Å². The lowest BCUT2D eigenvalue weighted by Crippen LogP contribution is -2.15. The van der Waals surface area contributed by atoms with Crippen molar-refractivity contribution in [3.63, 3.8) is 0 Å². The van der Waals surface area contributed by atoms with E-state index >= 15 is 0 Å². The highest BCUT2D eigenvalue weighted by molar-refractivity contribution is 5.79. The number of halogens is 1. The molecule has 0 aliphatic heterocycles. The maximum absolute atomic E-state index is 12.5. The average Bonchev–Trinajstić information content (AvgIpc) is 2.22. The Balaban J connectivity index is 2.63. The summed E-state index contributed by atoms with van der Waals surface area (Å²) in [5.74, 6) is -0.303. The molecule has 0 amide bonds. The van der Waals surface area contributed by atoms with Crippen LogP contribution in [0.1, 0.15) is 5.56 Å². The van der Waals surface area contributed by atoms with Crippen molar-refractivity contribution in [2.45, 2.75) is 6.04 Å². The second-order valence-electron chi connectivity index (χ2n) is 2.85. The van der Waals surface area contributed by atoms with Crippen molar-refractivity contribution in [3.05, 3.63) is 35.6 Å². The molecule has 14 heavy (non-hydrogen) atoms. The van der Waals surface area contributed by atoms with Gasteiger partial charge in [0.2, 0.25) is 0 Å². The standard InChI is InChI=1S/C10H12FNO2/c11-9-3-1-8(2-4-9)5-12-10(6-13)7-14/h1-5,10,13-14H,6-7H2. The molecule has 3 nitrogen and oxygen atoms in total. The van der Waals surface area contributed by atoms with Gasteiger partial charge >= 0.3 is 0 Å². The molecule has 0 saturated heterocycles. The fraction of sp³-hybridized carbons (Fsp3) is 0.300. The fourth-order valence-electron chi connectivity index (χ4n) is 0.892. The number of rotatable bonds is 4. The highest BCUT2D eigenvalue weighted by Gasteiger charge is 2.00. The Kier molecular flexibility index (Phi) is 4.22. The van der Waals surface area contributed by atoms with Gasteiger partial charge in [0.15, 0.2) is 0 Å². The number of aliphatic imine (C=N–C) groups is 1. The second kappa shape index (κ2) is 5.47. The lowest BCUT2D eigenvalue weighted by molar-refractivity contribution is 0.195. The lowest BCUT2D eigenvalue weighted by atomic mass is 10.2. The first-order chi connectivity index (χ1) is 6.76. The van der Waals surface area contributed by atoms with Crippen LogP contribution in [0.15, 0.2) is 29.3 Å². The molecule has 0 radical (unpaired) electrons. The molecule has 0 aliphatic carbocycles. The van der Waals surface area contributed by atoms with Crippen molar-refractivity contribution in [2.75, 3.05) is 13.2 Å². The first-order valence-electron chi connectivity index (χ1n) is 4.26. The zero-order valence-corrected chi connectivity index (χ0v) is 7.60. The maximum Gasteiger partial charge on any atom is 0.123 e. The SMILES string of the molecule is OCC(CO)N=Cc1ccc(F)cc1. The van der Waals surface area contributed by atoms with Crippen molar-refractivity contribution >= 4 is 6.21 Å². The molecule has 76 valence electrons. The monoisotopic (exact) mass is 197 g/mol. The Morgan fingerprint density at radius 3 is 2.29 bits per heavy atom. The van der Waals surface area contributed by atoms with Crippen molar-refractivity contribution < 1.29 is 14.6 Å². The van der Waals surface area contributed by atoms with Gasteiger partial charge in [-0.3, -0.25) is 4.99 Å². The van der Waals surface area contributed by atoms with Gasteiger partial charge in [-0.15, -0.1) is 0 Å². The lowest BCUT2D eigenvalue weighted by Gasteiger charge is -2.03. The van der Waals surface area contributed by atoms with E-state index < -0.39 is 6.04 Å². The van der Waals surface area contributed by atoms with Crippen LogP contribution in [-0.4, -0.2) is 35.7 Å². The topological polar surface area (TPSA) is 52.8 Å². The summed E-state index contributed by atoms with van der Waals surface area (Å²) >= 11 is 0. The Bertz CT molecular complexity index is 293. The smallest absolute Gasteiger partial charge is 0.123 e. The Morgan fingerprint density at radius 1 is 1.21 bits per heavy atom. The largest absolute Gasteiger partial charge is 0.394 e. The minimum atomic E-state index is -0.500. The molecule has 0 saturated carbocycles. The second-order valence-corrected chi connectivity index (χ2v) is 2.85. The van der Waals surface area contributed by atoms with Gasteiger partial charge in [-0.2, -0.15) is 0 Å². The summed E-state index contributed by atoms with van der Waals surface area (Å²) in [4.78, 5) is 3.91.